The van der Waals surface area contributed by atoms with Gasteiger partial charge in [0.1, 0.15) is 5.75 Å². The fourth-order valence-corrected chi connectivity index (χ4v) is 1.96. The van der Waals surface area contributed by atoms with E-state index in [0.717, 1.165) is 35.2 Å². The maximum atomic E-state index is 6.02. The molecule has 0 saturated carbocycles. The molecule has 1 unspecified atom stereocenters. The number of hydrogen-bond donors (Lipinski definition) is 1. The van der Waals surface area contributed by atoms with Crippen LogP contribution in [0.3, 0.4) is 0 Å². The zero-order valence-corrected chi connectivity index (χ0v) is 12.0. The zero-order valence-electron chi connectivity index (χ0n) is 10.4. The van der Waals surface area contributed by atoms with E-state index in [-0.39, 0.29) is 6.04 Å². The van der Waals surface area contributed by atoms with E-state index in [1.54, 1.807) is 7.11 Å². The third-order valence-corrected chi connectivity index (χ3v) is 3.19. The molecule has 0 aromatic heterocycles. The van der Waals surface area contributed by atoms with Crippen molar-refractivity contribution < 1.29 is 9.47 Å². The molecule has 0 heterocycles. The van der Waals surface area contributed by atoms with E-state index in [1.807, 2.05) is 18.2 Å². The molecule has 0 bridgehead atoms. The number of benzene rings is 1. The first kappa shape index (κ1) is 14.5. The molecule has 1 aromatic carbocycles. The van der Waals surface area contributed by atoms with Gasteiger partial charge in [-0.1, -0.05) is 22.9 Å². The molecule has 3 nitrogen and oxygen atoms in total. The normalized spacial score (nSPS) is 12.5. The lowest BCUT2D eigenvalue weighted by atomic mass is 10.1. The second kappa shape index (κ2) is 7.69. The summed E-state index contributed by atoms with van der Waals surface area (Å²) in [7, 11) is 1.66. The van der Waals surface area contributed by atoms with Gasteiger partial charge in [-0.3, -0.25) is 0 Å². The van der Waals surface area contributed by atoms with E-state index in [1.165, 1.54) is 0 Å². The van der Waals surface area contributed by atoms with Crippen molar-refractivity contribution in [1.29, 1.82) is 0 Å². The van der Waals surface area contributed by atoms with Crippen molar-refractivity contribution in [3.05, 3.63) is 28.2 Å². The Bertz CT molecular complexity index is 344. The summed E-state index contributed by atoms with van der Waals surface area (Å²) in [5.74, 6) is 0.852. The summed E-state index contributed by atoms with van der Waals surface area (Å²) in [6, 6.07) is 5.93. The lowest BCUT2D eigenvalue weighted by Crippen LogP contribution is -2.29. The number of hydrogen-bond acceptors (Lipinski definition) is 3. The van der Waals surface area contributed by atoms with E-state index >= 15 is 0 Å². The molecule has 1 rings (SSSR count). The van der Waals surface area contributed by atoms with Crippen LogP contribution in [0.1, 0.15) is 18.9 Å². The molecular weight excluding hydrogens is 282 g/mol. The number of ether oxygens (including phenoxy) is 2. The highest BCUT2D eigenvalue weighted by Gasteiger charge is 2.08. The maximum Gasteiger partial charge on any atom is 0.119 e. The van der Waals surface area contributed by atoms with E-state index in [9.17, 15) is 0 Å². The summed E-state index contributed by atoms with van der Waals surface area (Å²) in [4.78, 5) is 0. The van der Waals surface area contributed by atoms with E-state index in [2.05, 4.69) is 22.9 Å². The second-order valence-corrected chi connectivity index (χ2v) is 4.85. The average molecular weight is 302 g/mol. The Balaban J connectivity index is 2.54. The van der Waals surface area contributed by atoms with Gasteiger partial charge in [-0.05, 0) is 36.6 Å². The summed E-state index contributed by atoms with van der Waals surface area (Å²) in [5.41, 5.74) is 7.17. The number of methoxy groups -OCH3 is 1. The molecule has 0 aliphatic carbocycles. The van der Waals surface area contributed by atoms with Crippen molar-refractivity contribution in [1.82, 2.24) is 0 Å². The summed E-state index contributed by atoms with van der Waals surface area (Å²) < 4.78 is 11.7. The molecule has 0 amide bonds. The van der Waals surface area contributed by atoms with Crippen LogP contribution < -0.4 is 10.5 Å². The Morgan fingerprint density at radius 3 is 2.82 bits per heavy atom. The highest BCUT2D eigenvalue weighted by molar-refractivity contribution is 9.10. The number of halogens is 1. The first-order chi connectivity index (χ1) is 8.17. The maximum absolute atomic E-state index is 6.02. The van der Waals surface area contributed by atoms with E-state index < -0.39 is 0 Å². The van der Waals surface area contributed by atoms with Crippen LogP contribution in [-0.4, -0.2) is 26.4 Å². The molecule has 1 aromatic rings. The largest absolute Gasteiger partial charge is 0.497 e. The minimum Gasteiger partial charge on any atom is -0.497 e. The number of nitrogens with two attached hydrogens (primary N) is 1. The summed E-state index contributed by atoms with van der Waals surface area (Å²) in [6.45, 7) is 3.45. The molecule has 0 aliphatic rings. The third kappa shape index (κ3) is 5.06. The third-order valence-electron chi connectivity index (χ3n) is 2.42. The van der Waals surface area contributed by atoms with Gasteiger partial charge in [0.25, 0.3) is 0 Å². The zero-order chi connectivity index (χ0) is 12.7. The minimum atomic E-state index is 0.0185. The van der Waals surface area contributed by atoms with Gasteiger partial charge in [-0.2, -0.15) is 0 Å². The van der Waals surface area contributed by atoms with Gasteiger partial charge >= 0.3 is 0 Å². The van der Waals surface area contributed by atoms with E-state index in [0.29, 0.717) is 6.61 Å². The summed E-state index contributed by atoms with van der Waals surface area (Å²) in [5, 5.41) is 0. The lowest BCUT2D eigenvalue weighted by molar-refractivity contribution is 0.121. The van der Waals surface area contributed by atoms with Gasteiger partial charge < -0.3 is 15.2 Å². The first-order valence-corrected chi connectivity index (χ1v) is 6.62. The van der Waals surface area contributed by atoms with Crippen LogP contribution in [0.2, 0.25) is 0 Å². The van der Waals surface area contributed by atoms with Crippen LogP contribution in [0.4, 0.5) is 0 Å². The van der Waals surface area contributed by atoms with Crippen molar-refractivity contribution in [2.24, 2.45) is 5.73 Å². The van der Waals surface area contributed by atoms with Gasteiger partial charge in [0.05, 0.1) is 13.7 Å². The Hall–Kier alpha value is -0.580. The van der Waals surface area contributed by atoms with Gasteiger partial charge in [0.2, 0.25) is 0 Å². The topological polar surface area (TPSA) is 44.5 Å². The Kier molecular flexibility index (Phi) is 6.55. The van der Waals surface area contributed by atoms with Crippen LogP contribution in [-0.2, 0) is 11.2 Å². The molecule has 96 valence electrons. The molecule has 0 saturated heterocycles. The van der Waals surface area contributed by atoms with E-state index in [4.69, 9.17) is 15.2 Å². The molecule has 4 heteroatoms. The van der Waals surface area contributed by atoms with Gasteiger partial charge in [-0.25, -0.2) is 0 Å². The van der Waals surface area contributed by atoms with Gasteiger partial charge in [0, 0.05) is 17.1 Å². The predicted molar refractivity (Wildman–Crippen MR) is 73.5 cm³/mol. The molecule has 0 spiro atoms. The predicted octanol–water partition coefficient (Wildman–Crippen LogP) is 2.75. The van der Waals surface area contributed by atoms with Gasteiger partial charge in [-0.15, -0.1) is 0 Å². The molecule has 0 fully saturated rings. The van der Waals surface area contributed by atoms with Crippen molar-refractivity contribution in [3.8, 4) is 5.75 Å². The number of rotatable bonds is 7. The first-order valence-electron chi connectivity index (χ1n) is 5.83. The second-order valence-electron chi connectivity index (χ2n) is 4.00. The van der Waals surface area contributed by atoms with Crippen LogP contribution in [0.5, 0.6) is 5.75 Å². The quantitative estimate of drug-likeness (QED) is 0.788. The molecular formula is C13H20BrNO2. The average Bonchev–Trinajstić information content (AvgIpc) is 2.32. The fraction of sp³-hybridized carbons (Fsp3) is 0.538. The van der Waals surface area contributed by atoms with Crippen molar-refractivity contribution >= 4 is 15.9 Å². The minimum absolute atomic E-state index is 0.0185. The fourth-order valence-electron chi connectivity index (χ4n) is 1.55. The molecule has 17 heavy (non-hydrogen) atoms. The summed E-state index contributed by atoms with van der Waals surface area (Å²) >= 11 is 3.52. The smallest absolute Gasteiger partial charge is 0.119 e. The Morgan fingerprint density at radius 2 is 2.18 bits per heavy atom. The lowest BCUT2D eigenvalue weighted by Gasteiger charge is -2.14. The highest BCUT2D eigenvalue weighted by atomic mass is 79.9. The molecule has 1 atom stereocenters. The molecule has 0 aliphatic heterocycles. The van der Waals surface area contributed by atoms with Crippen LogP contribution in [0.15, 0.2) is 22.7 Å². The van der Waals surface area contributed by atoms with Crippen molar-refractivity contribution in [3.63, 3.8) is 0 Å². The monoisotopic (exact) mass is 301 g/mol. The van der Waals surface area contributed by atoms with Crippen molar-refractivity contribution in [2.45, 2.75) is 25.8 Å². The summed E-state index contributed by atoms with van der Waals surface area (Å²) in [6.07, 6.45) is 1.80. The van der Waals surface area contributed by atoms with Crippen LogP contribution in [0.25, 0.3) is 0 Å². The Labute approximate surface area is 111 Å². The Morgan fingerprint density at radius 1 is 1.41 bits per heavy atom. The standard InChI is InChI=1S/C13H20BrNO2/c1-3-6-17-9-11(15)7-10-8-12(16-2)4-5-13(10)14/h4-5,8,11H,3,6-7,9,15H2,1-2H3. The van der Waals surface area contributed by atoms with Crippen molar-refractivity contribution in [2.75, 3.05) is 20.3 Å². The highest BCUT2D eigenvalue weighted by Crippen LogP contribution is 2.23. The van der Waals surface area contributed by atoms with Crippen LogP contribution >= 0.6 is 15.9 Å². The SMILES string of the molecule is CCCOCC(N)Cc1cc(OC)ccc1Br. The van der Waals surface area contributed by atoms with Crippen LogP contribution in [0, 0.1) is 0 Å². The molecule has 2 N–H and O–H groups in total. The molecule has 0 radical (unpaired) electrons. The van der Waals surface area contributed by atoms with Gasteiger partial charge in [0.15, 0.2) is 0 Å².